The maximum absolute atomic E-state index is 11.9. The first-order valence-corrected chi connectivity index (χ1v) is 6.63. The molecular formula is C16H21NO2. The zero-order chi connectivity index (χ0) is 14.1. The van der Waals surface area contributed by atoms with E-state index in [1.807, 2.05) is 24.3 Å². The number of hydrogen-bond acceptors (Lipinski definition) is 2. The van der Waals surface area contributed by atoms with E-state index in [9.17, 15) is 9.90 Å². The lowest BCUT2D eigenvalue weighted by Crippen LogP contribution is -2.53. The van der Waals surface area contributed by atoms with E-state index in [0.717, 1.165) is 17.5 Å². The van der Waals surface area contributed by atoms with Crippen molar-refractivity contribution >= 4 is 5.97 Å². The van der Waals surface area contributed by atoms with Gasteiger partial charge in [0.15, 0.2) is 0 Å². The minimum Gasteiger partial charge on any atom is -0.480 e. The molecular weight excluding hydrogens is 238 g/mol. The predicted molar refractivity (Wildman–Crippen MR) is 76.2 cm³/mol. The van der Waals surface area contributed by atoms with E-state index in [1.165, 1.54) is 0 Å². The molecule has 0 aliphatic heterocycles. The number of carboxylic acids is 1. The van der Waals surface area contributed by atoms with E-state index < -0.39 is 11.5 Å². The first kappa shape index (κ1) is 13.8. The lowest BCUT2D eigenvalue weighted by Gasteiger charge is -2.43. The van der Waals surface area contributed by atoms with Crippen molar-refractivity contribution in [3.05, 3.63) is 48.0 Å². The molecule has 0 bridgehead atoms. The molecule has 1 aromatic rings. The highest BCUT2D eigenvalue weighted by atomic mass is 16.4. The second kappa shape index (κ2) is 4.82. The minimum absolute atomic E-state index is 0.0192. The van der Waals surface area contributed by atoms with Crippen LogP contribution in [0.1, 0.15) is 37.8 Å². The van der Waals surface area contributed by atoms with Crippen molar-refractivity contribution < 1.29 is 9.90 Å². The molecule has 2 N–H and O–H groups in total. The molecule has 0 radical (unpaired) electrons. The fraction of sp³-hybridized carbons (Fsp3) is 0.438. The molecule has 0 saturated heterocycles. The van der Waals surface area contributed by atoms with Gasteiger partial charge in [0.2, 0.25) is 0 Å². The molecule has 0 amide bonds. The minimum atomic E-state index is -0.986. The smallest absolute Gasteiger partial charge is 0.328 e. The molecule has 0 heterocycles. The number of nitrogens with one attached hydrogen (secondary N) is 1. The van der Waals surface area contributed by atoms with Gasteiger partial charge >= 0.3 is 5.97 Å². The molecule has 1 aliphatic carbocycles. The van der Waals surface area contributed by atoms with Crippen molar-refractivity contribution in [1.29, 1.82) is 0 Å². The molecule has 1 unspecified atom stereocenters. The third kappa shape index (κ3) is 2.19. The molecule has 3 nitrogen and oxygen atoms in total. The maximum atomic E-state index is 11.9. The lowest BCUT2D eigenvalue weighted by atomic mass is 9.65. The number of benzene rings is 1. The van der Waals surface area contributed by atoms with Crippen LogP contribution in [-0.2, 0) is 15.7 Å². The Hall–Kier alpha value is -1.61. The summed E-state index contributed by atoms with van der Waals surface area (Å²) in [6.45, 7) is 8.50. The van der Waals surface area contributed by atoms with Crippen molar-refractivity contribution in [3.63, 3.8) is 0 Å². The Morgan fingerprint density at radius 2 is 2.00 bits per heavy atom. The van der Waals surface area contributed by atoms with Crippen LogP contribution < -0.4 is 5.32 Å². The maximum Gasteiger partial charge on any atom is 0.328 e. The molecule has 0 spiro atoms. The molecule has 19 heavy (non-hydrogen) atoms. The largest absolute Gasteiger partial charge is 0.480 e. The van der Waals surface area contributed by atoms with Gasteiger partial charge in [-0.3, -0.25) is 5.32 Å². The van der Waals surface area contributed by atoms with E-state index in [1.54, 1.807) is 6.08 Å². The second-order valence-corrected chi connectivity index (χ2v) is 5.81. The monoisotopic (exact) mass is 259 g/mol. The molecule has 1 aliphatic rings. The summed E-state index contributed by atoms with van der Waals surface area (Å²) in [5, 5.41) is 12.9. The van der Waals surface area contributed by atoms with Crippen LogP contribution in [0.5, 0.6) is 0 Å². The van der Waals surface area contributed by atoms with Crippen molar-refractivity contribution in [2.45, 2.75) is 37.6 Å². The van der Waals surface area contributed by atoms with Gasteiger partial charge in [0, 0.05) is 6.54 Å². The number of hydrogen-bond donors (Lipinski definition) is 2. The number of fused-ring (bicyclic) bond motifs is 1. The van der Waals surface area contributed by atoms with E-state index in [0.29, 0.717) is 13.0 Å². The van der Waals surface area contributed by atoms with Crippen LogP contribution in [-0.4, -0.2) is 17.6 Å². The molecule has 1 atom stereocenters. The highest BCUT2D eigenvalue weighted by Crippen LogP contribution is 2.44. The Kier molecular flexibility index (Phi) is 3.50. The van der Waals surface area contributed by atoms with Gasteiger partial charge in [0.1, 0.15) is 5.54 Å². The number of rotatable bonds is 4. The van der Waals surface area contributed by atoms with Crippen molar-refractivity contribution in [2.24, 2.45) is 0 Å². The molecule has 0 fully saturated rings. The van der Waals surface area contributed by atoms with E-state index in [2.05, 4.69) is 25.7 Å². The number of aliphatic carboxylic acids is 1. The van der Waals surface area contributed by atoms with Gasteiger partial charge in [0.25, 0.3) is 0 Å². The average Bonchev–Trinajstić information content (AvgIpc) is 2.38. The number of carboxylic acid groups (broad SMARTS) is 1. The molecule has 102 valence electrons. The summed E-state index contributed by atoms with van der Waals surface area (Å²) in [5.74, 6) is -0.808. The summed E-state index contributed by atoms with van der Waals surface area (Å²) in [4.78, 5) is 11.9. The molecule has 0 saturated carbocycles. The fourth-order valence-electron chi connectivity index (χ4n) is 2.94. The van der Waals surface area contributed by atoms with Crippen molar-refractivity contribution in [3.8, 4) is 0 Å². The lowest BCUT2D eigenvalue weighted by molar-refractivity contribution is -0.146. The van der Waals surface area contributed by atoms with Gasteiger partial charge in [-0.25, -0.2) is 4.79 Å². The Labute approximate surface area is 114 Å². The summed E-state index contributed by atoms with van der Waals surface area (Å²) < 4.78 is 0. The van der Waals surface area contributed by atoms with Gasteiger partial charge < -0.3 is 5.11 Å². The first-order chi connectivity index (χ1) is 8.94. The van der Waals surface area contributed by atoms with E-state index in [4.69, 9.17) is 0 Å². The zero-order valence-electron chi connectivity index (χ0n) is 11.6. The van der Waals surface area contributed by atoms with Crippen LogP contribution in [0, 0.1) is 0 Å². The van der Waals surface area contributed by atoms with E-state index in [-0.39, 0.29) is 5.41 Å². The Bertz CT molecular complexity index is 507. The normalized spacial score (nSPS) is 24.5. The van der Waals surface area contributed by atoms with Gasteiger partial charge in [0.05, 0.1) is 0 Å². The van der Waals surface area contributed by atoms with Crippen molar-refractivity contribution in [2.75, 3.05) is 6.54 Å². The van der Waals surface area contributed by atoms with Gasteiger partial charge in [-0.05, 0) is 29.4 Å². The van der Waals surface area contributed by atoms with E-state index >= 15 is 0 Å². The standard InChI is InChI=1S/C16H21NO2/c1-4-11-17-16(14(18)19)10-9-15(2,3)12-7-5-6-8-13(12)16/h4-8,17H,1,9-11H2,2-3H3,(H,18,19). The Morgan fingerprint density at radius 1 is 1.37 bits per heavy atom. The Morgan fingerprint density at radius 3 is 2.58 bits per heavy atom. The quantitative estimate of drug-likeness (QED) is 0.817. The zero-order valence-corrected chi connectivity index (χ0v) is 11.6. The van der Waals surface area contributed by atoms with Crippen LogP contribution in [0.2, 0.25) is 0 Å². The van der Waals surface area contributed by atoms with Gasteiger partial charge in [-0.2, -0.15) is 0 Å². The summed E-state index contributed by atoms with van der Waals surface area (Å²) >= 11 is 0. The summed E-state index contributed by atoms with van der Waals surface area (Å²) in [7, 11) is 0. The van der Waals surface area contributed by atoms with Crippen molar-refractivity contribution in [1.82, 2.24) is 5.32 Å². The average molecular weight is 259 g/mol. The third-order valence-corrected chi connectivity index (χ3v) is 4.15. The second-order valence-electron chi connectivity index (χ2n) is 5.81. The summed E-state index contributed by atoms with van der Waals surface area (Å²) in [6.07, 6.45) is 3.15. The van der Waals surface area contributed by atoms with Gasteiger partial charge in [-0.15, -0.1) is 6.58 Å². The number of carbonyl (C=O) groups is 1. The highest BCUT2D eigenvalue weighted by molar-refractivity contribution is 5.82. The molecule has 2 rings (SSSR count). The fourth-order valence-corrected chi connectivity index (χ4v) is 2.94. The third-order valence-electron chi connectivity index (χ3n) is 4.15. The summed E-state index contributed by atoms with van der Waals surface area (Å²) in [6, 6.07) is 7.86. The molecule has 1 aromatic carbocycles. The molecule has 0 aromatic heterocycles. The van der Waals surface area contributed by atoms with Gasteiger partial charge in [-0.1, -0.05) is 44.2 Å². The Balaban J connectivity index is 2.58. The van der Waals surface area contributed by atoms with Crippen LogP contribution >= 0.6 is 0 Å². The van der Waals surface area contributed by atoms with Crippen LogP contribution in [0.3, 0.4) is 0 Å². The topological polar surface area (TPSA) is 49.3 Å². The van der Waals surface area contributed by atoms with Crippen LogP contribution in [0.15, 0.2) is 36.9 Å². The van der Waals surface area contributed by atoms with Crippen LogP contribution in [0.4, 0.5) is 0 Å². The highest BCUT2D eigenvalue weighted by Gasteiger charge is 2.47. The van der Waals surface area contributed by atoms with Crippen LogP contribution in [0.25, 0.3) is 0 Å². The predicted octanol–water partition coefficient (Wildman–Crippen LogP) is 2.81. The molecule has 3 heteroatoms. The SMILES string of the molecule is C=CCNC1(C(=O)O)CCC(C)(C)c2ccccc21. The first-order valence-electron chi connectivity index (χ1n) is 6.63. The summed E-state index contributed by atoms with van der Waals surface area (Å²) in [5.41, 5.74) is 1.05.